The van der Waals surface area contributed by atoms with Crippen molar-refractivity contribution in [1.29, 1.82) is 0 Å². The molecule has 1 fully saturated rings. The van der Waals surface area contributed by atoms with Crippen LogP contribution in [0.5, 0.6) is 0 Å². The second kappa shape index (κ2) is 4.84. The summed E-state index contributed by atoms with van der Waals surface area (Å²) in [6.45, 7) is 6.82. The average molecular weight is 233 g/mol. The van der Waals surface area contributed by atoms with Gasteiger partial charge in [0.05, 0.1) is 0 Å². The van der Waals surface area contributed by atoms with Gasteiger partial charge in [-0.15, -0.1) is 0 Å². The number of hydrogen-bond donors (Lipinski definition) is 1. The van der Waals surface area contributed by atoms with Gasteiger partial charge >= 0.3 is 0 Å². The predicted octanol–water partition coefficient (Wildman–Crippen LogP) is 1.30. The van der Waals surface area contributed by atoms with E-state index in [9.17, 15) is 4.79 Å². The Morgan fingerprint density at radius 2 is 2.12 bits per heavy atom. The lowest BCUT2D eigenvalue weighted by Gasteiger charge is -2.37. The lowest BCUT2D eigenvalue weighted by Crippen LogP contribution is -2.51. The predicted molar refractivity (Wildman–Crippen MR) is 66.8 cm³/mol. The fourth-order valence-electron chi connectivity index (χ4n) is 2.18. The molecule has 1 aromatic rings. The van der Waals surface area contributed by atoms with Gasteiger partial charge in [-0.3, -0.25) is 9.78 Å². The van der Waals surface area contributed by atoms with E-state index in [4.69, 9.17) is 0 Å². The molecule has 0 radical (unpaired) electrons. The van der Waals surface area contributed by atoms with E-state index in [1.807, 2.05) is 4.90 Å². The highest BCUT2D eigenvalue weighted by atomic mass is 16.2. The third-order valence-corrected chi connectivity index (χ3v) is 3.20. The van der Waals surface area contributed by atoms with Gasteiger partial charge in [-0.2, -0.15) is 0 Å². The van der Waals surface area contributed by atoms with E-state index in [-0.39, 0.29) is 11.4 Å². The topological polar surface area (TPSA) is 45.2 Å². The van der Waals surface area contributed by atoms with E-state index < -0.39 is 0 Å². The van der Waals surface area contributed by atoms with Crippen molar-refractivity contribution in [2.45, 2.75) is 25.8 Å². The highest BCUT2D eigenvalue weighted by Gasteiger charge is 2.32. The van der Waals surface area contributed by atoms with E-state index in [0.717, 1.165) is 31.6 Å². The maximum atomic E-state index is 12.4. The molecular formula is C13H19N3O. The van der Waals surface area contributed by atoms with Crippen LogP contribution in [0.15, 0.2) is 24.5 Å². The monoisotopic (exact) mass is 233 g/mol. The zero-order chi connectivity index (χ0) is 12.3. The first kappa shape index (κ1) is 12.0. The molecule has 1 N–H and O–H groups in total. The van der Waals surface area contributed by atoms with E-state index in [1.165, 1.54) is 0 Å². The van der Waals surface area contributed by atoms with Gasteiger partial charge < -0.3 is 10.2 Å². The van der Waals surface area contributed by atoms with Gasteiger partial charge in [0.15, 0.2) is 0 Å². The molecule has 92 valence electrons. The fourth-order valence-corrected chi connectivity index (χ4v) is 2.18. The van der Waals surface area contributed by atoms with Crippen molar-refractivity contribution >= 4 is 5.91 Å². The van der Waals surface area contributed by atoms with Gasteiger partial charge in [-0.25, -0.2) is 0 Å². The van der Waals surface area contributed by atoms with Crippen LogP contribution in [0.25, 0.3) is 0 Å². The minimum Gasteiger partial charge on any atom is -0.332 e. The van der Waals surface area contributed by atoms with E-state index in [0.29, 0.717) is 0 Å². The third-order valence-electron chi connectivity index (χ3n) is 3.20. The molecule has 1 saturated heterocycles. The lowest BCUT2D eigenvalue weighted by atomic mass is 10.0. The van der Waals surface area contributed by atoms with E-state index in [2.05, 4.69) is 24.1 Å². The van der Waals surface area contributed by atoms with Crippen molar-refractivity contribution in [3.8, 4) is 0 Å². The summed E-state index contributed by atoms with van der Waals surface area (Å²) in [5.41, 5.74) is 0.576. The molecule has 0 atom stereocenters. The Balaban J connectivity index is 2.23. The quantitative estimate of drug-likeness (QED) is 0.795. The molecule has 1 aliphatic heterocycles. The number of rotatable bonds is 1. The number of carbonyl (C=O) groups excluding carboxylic acids is 1. The van der Waals surface area contributed by atoms with Crippen LogP contribution < -0.4 is 5.32 Å². The molecular weight excluding hydrogens is 214 g/mol. The molecule has 0 spiro atoms. The van der Waals surface area contributed by atoms with Crippen molar-refractivity contribution in [1.82, 2.24) is 15.2 Å². The van der Waals surface area contributed by atoms with Crippen LogP contribution in [0.1, 0.15) is 30.6 Å². The average Bonchev–Trinajstić information content (AvgIpc) is 2.50. The Bertz CT molecular complexity index is 389. The number of aromatic nitrogens is 1. The summed E-state index contributed by atoms with van der Waals surface area (Å²) in [7, 11) is 0. The summed E-state index contributed by atoms with van der Waals surface area (Å²) in [5.74, 6) is 0.0982. The van der Waals surface area contributed by atoms with Crippen molar-refractivity contribution in [2.75, 3.05) is 19.6 Å². The molecule has 17 heavy (non-hydrogen) atoms. The smallest absolute Gasteiger partial charge is 0.254 e. The van der Waals surface area contributed by atoms with Gasteiger partial charge in [0.1, 0.15) is 0 Å². The van der Waals surface area contributed by atoms with Crippen LogP contribution in [0.3, 0.4) is 0 Å². The molecule has 0 aliphatic carbocycles. The van der Waals surface area contributed by atoms with E-state index in [1.54, 1.807) is 24.5 Å². The molecule has 1 aliphatic rings. The van der Waals surface area contributed by atoms with Crippen molar-refractivity contribution < 1.29 is 4.79 Å². The molecule has 0 bridgehead atoms. The lowest BCUT2D eigenvalue weighted by molar-refractivity contribution is 0.0578. The van der Waals surface area contributed by atoms with Crippen LogP contribution in [-0.2, 0) is 0 Å². The van der Waals surface area contributed by atoms with Gasteiger partial charge in [0.2, 0.25) is 0 Å². The summed E-state index contributed by atoms with van der Waals surface area (Å²) >= 11 is 0. The SMILES string of the molecule is CC1(C)CNCCCN1C(=O)c1ccncc1. The zero-order valence-corrected chi connectivity index (χ0v) is 10.4. The van der Waals surface area contributed by atoms with Crippen molar-refractivity contribution in [3.05, 3.63) is 30.1 Å². The Hall–Kier alpha value is -1.42. The first-order chi connectivity index (χ1) is 8.11. The fraction of sp³-hybridized carbons (Fsp3) is 0.538. The Morgan fingerprint density at radius 3 is 2.82 bits per heavy atom. The Labute approximate surface area is 102 Å². The van der Waals surface area contributed by atoms with Gasteiger partial charge in [0.25, 0.3) is 5.91 Å². The molecule has 1 aromatic heterocycles. The maximum absolute atomic E-state index is 12.4. The Kier molecular flexibility index (Phi) is 3.43. The highest BCUT2D eigenvalue weighted by Crippen LogP contribution is 2.19. The standard InChI is InChI=1S/C13H19N3O/c1-13(2)10-15-6-3-9-16(13)12(17)11-4-7-14-8-5-11/h4-5,7-8,15H,3,6,9-10H2,1-2H3. The third kappa shape index (κ3) is 2.64. The van der Waals surface area contributed by atoms with Crippen LogP contribution in [-0.4, -0.2) is 41.0 Å². The maximum Gasteiger partial charge on any atom is 0.254 e. The van der Waals surface area contributed by atoms with Crippen LogP contribution >= 0.6 is 0 Å². The van der Waals surface area contributed by atoms with Crippen molar-refractivity contribution in [3.63, 3.8) is 0 Å². The van der Waals surface area contributed by atoms with Crippen LogP contribution in [0.4, 0.5) is 0 Å². The normalized spacial score (nSPS) is 19.8. The molecule has 4 heteroatoms. The second-order valence-corrected chi connectivity index (χ2v) is 5.04. The van der Waals surface area contributed by atoms with E-state index >= 15 is 0 Å². The van der Waals surface area contributed by atoms with Gasteiger partial charge in [-0.1, -0.05) is 0 Å². The summed E-state index contributed by atoms with van der Waals surface area (Å²) in [6.07, 6.45) is 4.33. The highest BCUT2D eigenvalue weighted by molar-refractivity contribution is 5.94. The number of amides is 1. The van der Waals surface area contributed by atoms with Crippen molar-refractivity contribution in [2.24, 2.45) is 0 Å². The second-order valence-electron chi connectivity index (χ2n) is 5.04. The molecule has 2 heterocycles. The largest absolute Gasteiger partial charge is 0.332 e. The molecule has 2 rings (SSSR count). The number of nitrogens with one attached hydrogen (secondary N) is 1. The minimum absolute atomic E-state index is 0.0982. The summed E-state index contributed by atoms with van der Waals surface area (Å²) in [5, 5.41) is 3.37. The van der Waals surface area contributed by atoms with Crippen LogP contribution in [0.2, 0.25) is 0 Å². The van der Waals surface area contributed by atoms with Gasteiger partial charge in [0, 0.05) is 36.6 Å². The minimum atomic E-state index is -0.142. The first-order valence-electron chi connectivity index (χ1n) is 6.04. The number of pyridine rings is 1. The molecule has 4 nitrogen and oxygen atoms in total. The molecule has 0 unspecified atom stereocenters. The summed E-state index contributed by atoms with van der Waals surface area (Å²) < 4.78 is 0. The summed E-state index contributed by atoms with van der Waals surface area (Å²) in [6, 6.07) is 3.55. The molecule has 0 saturated carbocycles. The number of hydrogen-bond acceptors (Lipinski definition) is 3. The zero-order valence-electron chi connectivity index (χ0n) is 10.4. The molecule has 1 amide bonds. The molecule has 0 aromatic carbocycles. The number of carbonyl (C=O) groups is 1. The first-order valence-corrected chi connectivity index (χ1v) is 6.04. The van der Waals surface area contributed by atoms with Gasteiger partial charge in [-0.05, 0) is 38.9 Å². The summed E-state index contributed by atoms with van der Waals surface area (Å²) in [4.78, 5) is 18.3. The number of nitrogens with zero attached hydrogens (tertiary/aromatic N) is 2. The Morgan fingerprint density at radius 1 is 1.41 bits per heavy atom. The van der Waals surface area contributed by atoms with Crippen LogP contribution in [0, 0.1) is 0 Å².